The monoisotopic (exact) mass is 233 g/mol. The van der Waals surface area contributed by atoms with Gasteiger partial charge in [-0.1, -0.05) is 6.92 Å². The molecule has 3 heterocycles. The molecule has 2 bridgehead atoms. The molecule has 0 spiro atoms. The summed E-state index contributed by atoms with van der Waals surface area (Å²) < 4.78 is 5.46. The van der Waals surface area contributed by atoms with Crippen LogP contribution < -0.4 is 10.1 Å². The molecule has 2 aliphatic heterocycles. The standard InChI is InChI=1S/C13H19N3O/c1-3-4-11-15-10-7-8-5-6-9(14-8)12(10)13(16-11)17-2/h8-9,14H,3-7H2,1-2H3. The Bertz CT molecular complexity index is 433. The molecule has 2 unspecified atom stereocenters. The summed E-state index contributed by atoms with van der Waals surface area (Å²) in [4.78, 5) is 9.26. The third-order valence-corrected chi connectivity index (χ3v) is 3.73. The quantitative estimate of drug-likeness (QED) is 0.864. The van der Waals surface area contributed by atoms with Gasteiger partial charge in [0, 0.05) is 24.9 Å². The van der Waals surface area contributed by atoms with Crippen molar-refractivity contribution in [2.75, 3.05) is 7.11 Å². The molecular weight excluding hydrogens is 214 g/mol. The van der Waals surface area contributed by atoms with Crippen molar-refractivity contribution in [1.29, 1.82) is 0 Å². The van der Waals surface area contributed by atoms with Crippen molar-refractivity contribution in [2.24, 2.45) is 0 Å². The zero-order valence-electron chi connectivity index (χ0n) is 10.5. The van der Waals surface area contributed by atoms with Crippen LogP contribution in [-0.4, -0.2) is 23.1 Å². The number of aryl methyl sites for hydroxylation is 1. The molecule has 17 heavy (non-hydrogen) atoms. The van der Waals surface area contributed by atoms with E-state index in [1.54, 1.807) is 7.11 Å². The van der Waals surface area contributed by atoms with Gasteiger partial charge < -0.3 is 10.1 Å². The van der Waals surface area contributed by atoms with Crippen LogP contribution in [0.4, 0.5) is 0 Å². The minimum atomic E-state index is 0.411. The zero-order chi connectivity index (χ0) is 11.8. The normalized spacial score (nSPS) is 25.8. The van der Waals surface area contributed by atoms with Crippen LogP contribution in [0, 0.1) is 0 Å². The van der Waals surface area contributed by atoms with Crippen LogP contribution in [0.25, 0.3) is 0 Å². The first-order valence-electron chi connectivity index (χ1n) is 6.51. The molecule has 0 aromatic carbocycles. The third-order valence-electron chi connectivity index (χ3n) is 3.73. The Hall–Kier alpha value is -1.16. The molecule has 0 amide bonds. The Morgan fingerprint density at radius 1 is 1.35 bits per heavy atom. The van der Waals surface area contributed by atoms with Crippen molar-refractivity contribution in [3.05, 3.63) is 17.1 Å². The minimum absolute atomic E-state index is 0.411. The number of fused-ring (bicyclic) bond motifs is 4. The highest BCUT2D eigenvalue weighted by Crippen LogP contribution is 2.39. The molecule has 1 N–H and O–H groups in total. The van der Waals surface area contributed by atoms with Crippen molar-refractivity contribution >= 4 is 0 Å². The van der Waals surface area contributed by atoms with Crippen molar-refractivity contribution in [1.82, 2.24) is 15.3 Å². The predicted molar refractivity (Wildman–Crippen MR) is 65.2 cm³/mol. The second kappa shape index (κ2) is 4.26. The van der Waals surface area contributed by atoms with Gasteiger partial charge in [-0.25, -0.2) is 4.98 Å². The number of hydrogen-bond donors (Lipinski definition) is 1. The van der Waals surface area contributed by atoms with Crippen LogP contribution in [-0.2, 0) is 12.8 Å². The minimum Gasteiger partial charge on any atom is -0.481 e. The van der Waals surface area contributed by atoms with Gasteiger partial charge in [0.1, 0.15) is 5.82 Å². The van der Waals surface area contributed by atoms with Gasteiger partial charge in [-0.05, 0) is 19.3 Å². The fourth-order valence-electron chi connectivity index (χ4n) is 2.98. The largest absolute Gasteiger partial charge is 0.481 e. The number of nitrogens with zero attached hydrogens (tertiary/aromatic N) is 2. The predicted octanol–water partition coefficient (Wildman–Crippen LogP) is 1.79. The topological polar surface area (TPSA) is 47.0 Å². The van der Waals surface area contributed by atoms with Crippen LogP contribution in [0.5, 0.6) is 5.88 Å². The SMILES string of the molecule is CCCc1nc2c(c(OC)n1)C1CCC(C2)N1. The van der Waals surface area contributed by atoms with Crippen LogP contribution in [0.2, 0.25) is 0 Å². The Morgan fingerprint density at radius 2 is 2.24 bits per heavy atom. The van der Waals surface area contributed by atoms with E-state index in [9.17, 15) is 0 Å². The maximum atomic E-state index is 5.46. The van der Waals surface area contributed by atoms with Crippen molar-refractivity contribution in [3.63, 3.8) is 0 Å². The van der Waals surface area contributed by atoms with E-state index >= 15 is 0 Å². The molecular formula is C13H19N3O. The summed E-state index contributed by atoms with van der Waals surface area (Å²) in [6.07, 6.45) is 5.47. The third kappa shape index (κ3) is 1.80. The van der Waals surface area contributed by atoms with Crippen LogP contribution >= 0.6 is 0 Å². The van der Waals surface area contributed by atoms with E-state index in [2.05, 4.69) is 17.2 Å². The molecule has 0 aliphatic carbocycles. The number of nitrogens with one attached hydrogen (secondary N) is 1. The highest BCUT2D eigenvalue weighted by atomic mass is 16.5. The van der Waals surface area contributed by atoms with Gasteiger partial charge in [-0.15, -0.1) is 0 Å². The number of rotatable bonds is 3. The Kier molecular flexibility index (Phi) is 2.74. The van der Waals surface area contributed by atoms with Crippen molar-refractivity contribution in [3.8, 4) is 5.88 Å². The Morgan fingerprint density at radius 3 is 3.00 bits per heavy atom. The van der Waals surface area contributed by atoms with E-state index in [4.69, 9.17) is 9.72 Å². The Balaban J connectivity index is 2.05. The van der Waals surface area contributed by atoms with E-state index < -0.39 is 0 Å². The van der Waals surface area contributed by atoms with Gasteiger partial charge in [0.15, 0.2) is 0 Å². The first-order chi connectivity index (χ1) is 8.31. The van der Waals surface area contributed by atoms with Gasteiger partial charge in [0.05, 0.1) is 18.4 Å². The second-order valence-corrected chi connectivity index (χ2v) is 4.96. The molecule has 1 aromatic rings. The molecule has 2 aliphatic rings. The van der Waals surface area contributed by atoms with Crippen molar-refractivity contribution < 1.29 is 4.74 Å². The molecule has 2 atom stereocenters. The number of hydrogen-bond acceptors (Lipinski definition) is 4. The molecule has 0 radical (unpaired) electrons. The smallest absolute Gasteiger partial charge is 0.221 e. The average Bonchev–Trinajstić information content (AvgIpc) is 2.71. The summed E-state index contributed by atoms with van der Waals surface area (Å²) in [5, 5.41) is 3.61. The maximum absolute atomic E-state index is 5.46. The molecule has 4 nitrogen and oxygen atoms in total. The summed E-state index contributed by atoms with van der Waals surface area (Å²) in [6, 6.07) is 1.02. The van der Waals surface area contributed by atoms with E-state index in [1.165, 1.54) is 24.1 Å². The number of ether oxygens (including phenoxy) is 1. The molecule has 3 rings (SSSR count). The zero-order valence-corrected chi connectivity index (χ0v) is 10.5. The lowest BCUT2D eigenvalue weighted by molar-refractivity contribution is 0.373. The summed E-state index contributed by atoms with van der Waals surface area (Å²) in [5.74, 6) is 1.72. The summed E-state index contributed by atoms with van der Waals surface area (Å²) in [6.45, 7) is 2.15. The van der Waals surface area contributed by atoms with E-state index in [0.29, 0.717) is 12.1 Å². The first kappa shape index (κ1) is 11.0. The number of aromatic nitrogens is 2. The second-order valence-electron chi connectivity index (χ2n) is 4.96. The number of methoxy groups -OCH3 is 1. The summed E-state index contributed by atoms with van der Waals surface area (Å²) in [5.41, 5.74) is 2.42. The van der Waals surface area contributed by atoms with Gasteiger partial charge >= 0.3 is 0 Å². The van der Waals surface area contributed by atoms with E-state index in [-0.39, 0.29) is 0 Å². The summed E-state index contributed by atoms with van der Waals surface area (Å²) >= 11 is 0. The highest BCUT2D eigenvalue weighted by Gasteiger charge is 2.36. The molecule has 1 fully saturated rings. The van der Waals surface area contributed by atoms with Crippen molar-refractivity contribution in [2.45, 2.75) is 51.1 Å². The Labute approximate surface area is 102 Å². The molecule has 4 heteroatoms. The average molecular weight is 233 g/mol. The maximum Gasteiger partial charge on any atom is 0.221 e. The van der Waals surface area contributed by atoms with Crippen LogP contribution in [0.1, 0.15) is 49.3 Å². The van der Waals surface area contributed by atoms with Gasteiger partial charge in [-0.3, -0.25) is 0 Å². The lowest BCUT2D eigenvalue weighted by Crippen LogP contribution is -2.33. The molecule has 0 saturated carbocycles. The lowest BCUT2D eigenvalue weighted by atomic mass is 10.0. The van der Waals surface area contributed by atoms with Gasteiger partial charge in [0.25, 0.3) is 0 Å². The van der Waals surface area contributed by atoms with Crippen LogP contribution in [0.3, 0.4) is 0 Å². The van der Waals surface area contributed by atoms with Crippen LogP contribution in [0.15, 0.2) is 0 Å². The van der Waals surface area contributed by atoms with Gasteiger partial charge in [-0.2, -0.15) is 4.98 Å². The van der Waals surface area contributed by atoms with E-state index in [0.717, 1.165) is 31.0 Å². The van der Waals surface area contributed by atoms with Gasteiger partial charge in [0.2, 0.25) is 5.88 Å². The highest BCUT2D eigenvalue weighted by molar-refractivity contribution is 5.38. The first-order valence-corrected chi connectivity index (χ1v) is 6.51. The fraction of sp³-hybridized carbons (Fsp3) is 0.692. The molecule has 1 saturated heterocycles. The fourth-order valence-corrected chi connectivity index (χ4v) is 2.98. The van der Waals surface area contributed by atoms with E-state index in [1.807, 2.05) is 0 Å². The molecule has 1 aromatic heterocycles. The molecule has 92 valence electrons. The lowest BCUT2D eigenvalue weighted by Gasteiger charge is -2.25. The summed E-state index contributed by atoms with van der Waals surface area (Å²) in [7, 11) is 1.71.